The molecule has 1 amide bonds. The predicted octanol–water partition coefficient (Wildman–Crippen LogP) is 3.05. The van der Waals surface area contributed by atoms with Crippen molar-refractivity contribution in [2.24, 2.45) is 0 Å². The molecule has 0 spiro atoms. The average molecular weight is 347 g/mol. The van der Waals surface area contributed by atoms with Crippen LogP contribution in [0.5, 0.6) is 5.75 Å². The SMILES string of the molecule is Cc1cc(OC(C)C(=O)N(C)C2CCNCC2)ccc1Cl.Cl. The fourth-order valence-corrected chi connectivity index (χ4v) is 2.72. The lowest BCUT2D eigenvalue weighted by molar-refractivity contribution is -0.139. The number of rotatable bonds is 4. The minimum atomic E-state index is -0.495. The molecule has 0 aliphatic carbocycles. The summed E-state index contributed by atoms with van der Waals surface area (Å²) in [6.07, 6.45) is 1.50. The van der Waals surface area contributed by atoms with Gasteiger partial charge in [-0.3, -0.25) is 4.79 Å². The van der Waals surface area contributed by atoms with E-state index in [-0.39, 0.29) is 18.3 Å². The fourth-order valence-electron chi connectivity index (χ4n) is 2.61. The van der Waals surface area contributed by atoms with Crippen molar-refractivity contribution in [3.05, 3.63) is 28.8 Å². The number of aryl methyl sites for hydroxylation is 1. The molecule has 1 aliphatic rings. The molecule has 2 rings (SSSR count). The molecule has 1 N–H and O–H groups in total. The van der Waals surface area contributed by atoms with Crippen LogP contribution in [0.2, 0.25) is 5.02 Å². The summed E-state index contributed by atoms with van der Waals surface area (Å²) in [5.74, 6) is 0.700. The molecule has 1 atom stereocenters. The Bertz CT molecular complexity index is 505. The summed E-state index contributed by atoms with van der Waals surface area (Å²) in [5, 5.41) is 4.01. The van der Waals surface area contributed by atoms with Crippen molar-refractivity contribution < 1.29 is 9.53 Å². The van der Waals surface area contributed by atoms with Crippen molar-refractivity contribution in [3.63, 3.8) is 0 Å². The summed E-state index contributed by atoms with van der Waals surface area (Å²) >= 11 is 6.00. The van der Waals surface area contributed by atoms with Gasteiger partial charge in [0.1, 0.15) is 5.75 Å². The van der Waals surface area contributed by atoms with Crippen molar-refractivity contribution in [1.29, 1.82) is 0 Å². The number of nitrogens with one attached hydrogen (secondary N) is 1. The Labute approximate surface area is 143 Å². The first-order valence-corrected chi connectivity index (χ1v) is 7.77. The zero-order chi connectivity index (χ0) is 15.4. The Balaban J connectivity index is 0.00000242. The van der Waals surface area contributed by atoms with Crippen molar-refractivity contribution in [3.8, 4) is 5.75 Å². The number of hydrogen-bond acceptors (Lipinski definition) is 3. The van der Waals surface area contributed by atoms with Crippen LogP contribution in [0.15, 0.2) is 18.2 Å². The van der Waals surface area contributed by atoms with Crippen LogP contribution in [0, 0.1) is 6.92 Å². The highest BCUT2D eigenvalue weighted by Crippen LogP contribution is 2.22. The quantitative estimate of drug-likeness (QED) is 0.910. The number of hydrogen-bond donors (Lipinski definition) is 1. The lowest BCUT2D eigenvalue weighted by Crippen LogP contribution is -2.48. The van der Waals surface area contributed by atoms with Gasteiger partial charge in [-0.1, -0.05) is 11.6 Å². The van der Waals surface area contributed by atoms with E-state index in [1.165, 1.54) is 0 Å². The molecule has 124 valence electrons. The molecule has 0 bridgehead atoms. The van der Waals surface area contributed by atoms with Crippen molar-refractivity contribution >= 4 is 29.9 Å². The highest BCUT2D eigenvalue weighted by molar-refractivity contribution is 6.31. The largest absolute Gasteiger partial charge is 0.481 e. The normalized spacial score (nSPS) is 16.5. The van der Waals surface area contributed by atoms with Gasteiger partial charge in [0.05, 0.1) is 0 Å². The number of carbonyl (C=O) groups is 1. The number of amides is 1. The molecule has 0 radical (unpaired) electrons. The Morgan fingerprint density at radius 3 is 2.64 bits per heavy atom. The molecule has 1 heterocycles. The van der Waals surface area contributed by atoms with Gasteiger partial charge in [-0.2, -0.15) is 0 Å². The third-order valence-electron chi connectivity index (χ3n) is 3.99. The van der Waals surface area contributed by atoms with Crippen LogP contribution >= 0.6 is 24.0 Å². The van der Waals surface area contributed by atoms with Crippen LogP contribution in [-0.4, -0.2) is 43.1 Å². The standard InChI is InChI=1S/C16H23ClN2O2.ClH/c1-11-10-14(4-5-15(11)17)21-12(2)16(20)19(3)13-6-8-18-9-7-13;/h4-5,10,12-13,18H,6-9H2,1-3H3;1H. The van der Waals surface area contributed by atoms with Gasteiger partial charge < -0.3 is 15.0 Å². The monoisotopic (exact) mass is 346 g/mol. The lowest BCUT2D eigenvalue weighted by atomic mass is 10.0. The van der Waals surface area contributed by atoms with E-state index in [9.17, 15) is 4.79 Å². The zero-order valence-electron chi connectivity index (χ0n) is 13.3. The van der Waals surface area contributed by atoms with E-state index in [0.717, 1.165) is 31.5 Å². The van der Waals surface area contributed by atoms with Gasteiger partial charge in [-0.15, -0.1) is 12.4 Å². The average Bonchev–Trinajstić information content (AvgIpc) is 2.50. The van der Waals surface area contributed by atoms with Gasteiger partial charge >= 0.3 is 0 Å². The Hall–Kier alpha value is -0.970. The molecule has 4 nitrogen and oxygen atoms in total. The number of likely N-dealkylation sites (N-methyl/N-ethyl adjacent to an activating group) is 1. The van der Waals surface area contributed by atoms with Crippen LogP contribution in [0.25, 0.3) is 0 Å². The minimum absolute atomic E-state index is 0. The Kier molecular flexibility index (Phi) is 7.46. The summed E-state index contributed by atoms with van der Waals surface area (Å²) in [6.45, 7) is 5.65. The van der Waals surface area contributed by atoms with Gasteiger partial charge in [-0.05, 0) is 63.5 Å². The second-order valence-corrected chi connectivity index (χ2v) is 6.01. The highest BCUT2D eigenvalue weighted by Gasteiger charge is 2.26. The van der Waals surface area contributed by atoms with Crippen LogP contribution in [0.4, 0.5) is 0 Å². The van der Waals surface area contributed by atoms with Gasteiger partial charge in [0, 0.05) is 18.1 Å². The Morgan fingerprint density at radius 1 is 1.41 bits per heavy atom. The Morgan fingerprint density at radius 2 is 2.05 bits per heavy atom. The van der Waals surface area contributed by atoms with E-state index in [0.29, 0.717) is 16.8 Å². The summed E-state index contributed by atoms with van der Waals surface area (Å²) in [5.41, 5.74) is 0.945. The molecule has 1 fully saturated rings. The number of piperidine rings is 1. The van der Waals surface area contributed by atoms with Crippen LogP contribution in [-0.2, 0) is 4.79 Å². The van der Waals surface area contributed by atoms with E-state index < -0.39 is 6.10 Å². The first-order valence-electron chi connectivity index (χ1n) is 7.39. The summed E-state index contributed by atoms with van der Waals surface area (Å²) in [7, 11) is 1.87. The molecule has 22 heavy (non-hydrogen) atoms. The van der Waals surface area contributed by atoms with Crippen LogP contribution in [0.3, 0.4) is 0 Å². The van der Waals surface area contributed by atoms with Gasteiger partial charge in [0.2, 0.25) is 0 Å². The number of halogens is 2. The number of carbonyl (C=O) groups excluding carboxylic acids is 1. The van der Waals surface area contributed by atoms with Gasteiger partial charge in [0.25, 0.3) is 5.91 Å². The van der Waals surface area contributed by atoms with E-state index in [2.05, 4.69) is 5.32 Å². The lowest BCUT2D eigenvalue weighted by Gasteiger charge is -2.33. The maximum atomic E-state index is 12.5. The predicted molar refractivity (Wildman–Crippen MR) is 92.2 cm³/mol. The molecule has 1 aliphatic heterocycles. The van der Waals surface area contributed by atoms with Crippen molar-refractivity contribution in [2.45, 2.75) is 38.8 Å². The third-order valence-corrected chi connectivity index (χ3v) is 4.42. The van der Waals surface area contributed by atoms with E-state index in [4.69, 9.17) is 16.3 Å². The molecule has 6 heteroatoms. The van der Waals surface area contributed by atoms with Crippen LogP contribution in [0.1, 0.15) is 25.3 Å². The smallest absolute Gasteiger partial charge is 0.263 e. The first-order chi connectivity index (χ1) is 9.99. The number of benzene rings is 1. The van der Waals surface area contributed by atoms with Gasteiger partial charge in [-0.25, -0.2) is 0 Å². The highest BCUT2D eigenvalue weighted by atomic mass is 35.5. The second-order valence-electron chi connectivity index (χ2n) is 5.60. The fraction of sp³-hybridized carbons (Fsp3) is 0.562. The van der Waals surface area contributed by atoms with Crippen molar-refractivity contribution in [1.82, 2.24) is 10.2 Å². The molecule has 1 saturated heterocycles. The first kappa shape index (κ1) is 19.1. The summed E-state index contributed by atoms with van der Waals surface area (Å²) < 4.78 is 5.76. The summed E-state index contributed by atoms with van der Waals surface area (Å²) in [4.78, 5) is 14.3. The number of ether oxygens (including phenoxy) is 1. The maximum Gasteiger partial charge on any atom is 0.263 e. The van der Waals surface area contributed by atoms with Crippen LogP contribution < -0.4 is 10.1 Å². The van der Waals surface area contributed by atoms with E-state index in [1.54, 1.807) is 19.1 Å². The molecular formula is C16H24Cl2N2O2. The second kappa shape index (κ2) is 8.61. The van der Waals surface area contributed by atoms with Gasteiger partial charge in [0.15, 0.2) is 6.10 Å². The molecule has 1 aromatic carbocycles. The zero-order valence-corrected chi connectivity index (χ0v) is 14.8. The topological polar surface area (TPSA) is 41.6 Å². The molecule has 1 aromatic rings. The third kappa shape index (κ3) is 4.77. The minimum Gasteiger partial charge on any atom is -0.481 e. The molecule has 0 saturated carbocycles. The molecule has 0 aromatic heterocycles. The van der Waals surface area contributed by atoms with E-state index >= 15 is 0 Å². The maximum absolute atomic E-state index is 12.5. The van der Waals surface area contributed by atoms with Crippen molar-refractivity contribution in [2.75, 3.05) is 20.1 Å². The molecule has 1 unspecified atom stereocenters. The summed E-state index contributed by atoms with van der Waals surface area (Å²) in [6, 6.07) is 5.75. The number of nitrogens with zero attached hydrogens (tertiary/aromatic N) is 1. The molecular weight excluding hydrogens is 323 g/mol. The van der Waals surface area contributed by atoms with E-state index in [1.807, 2.05) is 24.9 Å².